The zero-order chi connectivity index (χ0) is 12.0. The zero-order valence-electron chi connectivity index (χ0n) is 9.46. The summed E-state index contributed by atoms with van der Waals surface area (Å²) < 4.78 is 0. The fourth-order valence-corrected chi connectivity index (χ4v) is 1.36. The molecule has 1 aromatic rings. The molecular weight excluding hydrogens is 224 g/mol. The molecule has 1 rings (SSSR count). The predicted molar refractivity (Wildman–Crippen MR) is 63.8 cm³/mol. The average molecular weight is 239 g/mol. The SMILES string of the molecule is CC(C)CONCc1ccc(C#N)cc1Cl. The molecule has 0 heterocycles. The van der Waals surface area contributed by atoms with Crippen LogP contribution in [0.3, 0.4) is 0 Å². The molecule has 0 saturated heterocycles. The second-order valence-corrected chi connectivity index (χ2v) is 4.35. The van der Waals surface area contributed by atoms with Gasteiger partial charge in [0.1, 0.15) is 0 Å². The number of hydroxylamine groups is 1. The van der Waals surface area contributed by atoms with Gasteiger partial charge in [0.05, 0.1) is 18.2 Å². The van der Waals surface area contributed by atoms with Crippen LogP contribution in [-0.2, 0) is 11.4 Å². The summed E-state index contributed by atoms with van der Waals surface area (Å²) in [6.07, 6.45) is 0. The highest BCUT2D eigenvalue weighted by molar-refractivity contribution is 6.31. The molecule has 1 aromatic carbocycles. The van der Waals surface area contributed by atoms with Crippen molar-refractivity contribution in [3.8, 4) is 6.07 Å². The average Bonchev–Trinajstić information content (AvgIpc) is 2.25. The van der Waals surface area contributed by atoms with Gasteiger partial charge in [-0.25, -0.2) is 0 Å². The van der Waals surface area contributed by atoms with Crippen LogP contribution in [0.15, 0.2) is 18.2 Å². The van der Waals surface area contributed by atoms with E-state index < -0.39 is 0 Å². The van der Waals surface area contributed by atoms with Crippen LogP contribution in [0.1, 0.15) is 25.0 Å². The van der Waals surface area contributed by atoms with Gasteiger partial charge < -0.3 is 4.84 Å². The molecule has 86 valence electrons. The molecule has 0 bridgehead atoms. The third kappa shape index (κ3) is 4.19. The van der Waals surface area contributed by atoms with E-state index in [9.17, 15) is 0 Å². The minimum Gasteiger partial charge on any atom is -0.301 e. The van der Waals surface area contributed by atoms with Crippen LogP contribution in [0.4, 0.5) is 0 Å². The number of nitrogens with one attached hydrogen (secondary N) is 1. The van der Waals surface area contributed by atoms with Crippen molar-refractivity contribution >= 4 is 11.6 Å². The van der Waals surface area contributed by atoms with Gasteiger partial charge in [-0.3, -0.25) is 0 Å². The third-order valence-corrected chi connectivity index (χ3v) is 2.32. The van der Waals surface area contributed by atoms with Crippen molar-refractivity contribution in [2.75, 3.05) is 6.61 Å². The van der Waals surface area contributed by atoms with E-state index in [1.807, 2.05) is 12.1 Å². The Hall–Kier alpha value is -1.08. The number of nitriles is 1. The maximum Gasteiger partial charge on any atom is 0.0992 e. The van der Waals surface area contributed by atoms with Crippen molar-refractivity contribution in [2.45, 2.75) is 20.4 Å². The van der Waals surface area contributed by atoms with E-state index in [1.54, 1.807) is 12.1 Å². The fraction of sp³-hybridized carbons (Fsp3) is 0.417. The van der Waals surface area contributed by atoms with Gasteiger partial charge in [-0.2, -0.15) is 10.7 Å². The number of rotatable bonds is 5. The van der Waals surface area contributed by atoms with Crippen molar-refractivity contribution in [1.29, 1.82) is 5.26 Å². The lowest BCUT2D eigenvalue weighted by atomic mass is 10.1. The number of halogens is 1. The summed E-state index contributed by atoms with van der Waals surface area (Å²) in [5, 5.41) is 9.26. The summed E-state index contributed by atoms with van der Waals surface area (Å²) in [5.41, 5.74) is 4.33. The maximum atomic E-state index is 8.68. The molecule has 1 N–H and O–H groups in total. The smallest absolute Gasteiger partial charge is 0.0992 e. The van der Waals surface area contributed by atoms with Crippen LogP contribution >= 0.6 is 11.6 Å². The Kier molecular flexibility index (Phi) is 5.27. The summed E-state index contributed by atoms with van der Waals surface area (Å²) >= 11 is 6.00. The molecule has 0 amide bonds. The van der Waals surface area contributed by atoms with Crippen molar-refractivity contribution in [2.24, 2.45) is 5.92 Å². The molecule has 4 heteroatoms. The predicted octanol–water partition coefficient (Wildman–Crippen LogP) is 2.89. The van der Waals surface area contributed by atoms with Crippen LogP contribution < -0.4 is 5.48 Å². The van der Waals surface area contributed by atoms with E-state index in [4.69, 9.17) is 21.7 Å². The highest BCUT2D eigenvalue weighted by atomic mass is 35.5. The summed E-state index contributed by atoms with van der Waals surface area (Å²) in [6.45, 7) is 5.36. The highest BCUT2D eigenvalue weighted by Crippen LogP contribution is 2.17. The first-order valence-electron chi connectivity index (χ1n) is 5.16. The van der Waals surface area contributed by atoms with E-state index in [0.717, 1.165) is 5.56 Å². The Morgan fingerprint density at radius 2 is 2.25 bits per heavy atom. The van der Waals surface area contributed by atoms with Crippen LogP contribution in [0.25, 0.3) is 0 Å². The quantitative estimate of drug-likeness (QED) is 0.634. The van der Waals surface area contributed by atoms with E-state index in [0.29, 0.717) is 29.7 Å². The molecule has 0 unspecified atom stereocenters. The van der Waals surface area contributed by atoms with Crippen molar-refractivity contribution in [3.63, 3.8) is 0 Å². The van der Waals surface area contributed by atoms with Gasteiger partial charge in [0.2, 0.25) is 0 Å². The number of benzene rings is 1. The molecule has 0 aliphatic heterocycles. The molecule has 16 heavy (non-hydrogen) atoms. The van der Waals surface area contributed by atoms with Gasteiger partial charge in [-0.05, 0) is 23.6 Å². The first kappa shape index (κ1) is 13.0. The maximum absolute atomic E-state index is 8.68. The summed E-state index contributed by atoms with van der Waals surface area (Å²) in [5.74, 6) is 0.490. The first-order valence-corrected chi connectivity index (χ1v) is 5.54. The molecule has 0 fully saturated rings. The van der Waals surface area contributed by atoms with Gasteiger partial charge in [-0.1, -0.05) is 31.5 Å². The van der Waals surface area contributed by atoms with Crippen molar-refractivity contribution < 1.29 is 4.84 Å². The van der Waals surface area contributed by atoms with E-state index in [2.05, 4.69) is 19.3 Å². The summed E-state index contributed by atoms with van der Waals surface area (Å²) in [7, 11) is 0. The standard InChI is InChI=1S/C12H15ClN2O/c1-9(2)8-16-15-7-11-4-3-10(6-14)5-12(11)13/h3-5,9,15H,7-8H2,1-2H3. The molecule has 0 aromatic heterocycles. The van der Waals surface area contributed by atoms with Crippen LogP contribution in [0.2, 0.25) is 5.02 Å². The van der Waals surface area contributed by atoms with Crippen LogP contribution in [0, 0.1) is 17.2 Å². The third-order valence-electron chi connectivity index (χ3n) is 1.96. The lowest BCUT2D eigenvalue weighted by Crippen LogP contribution is -2.17. The van der Waals surface area contributed by atoms with Gasteiger partial charge in [0, 0.05) is 11.6 Å². The van der Waals surface area contributed by atoms with Gasteiger partial charge in [0.15, 0.2) is 0 Å². The second-order valence-electron chi connectivity index (χ2n) is 3.94. The Labute approximate surface area is 101 Å². The summed E-state index contributed by atoms with van der Waals surface area (Å²) in [4.78, 5) is 5.24. The summed E-state index contributed by atoms with van der Waals surface area (Å²) in [6, 6.07) is 7.26. The lowest BCUT2D eigenvalue weighted by molar-refractivity contribution is 0.0196. The first-order chi connectivity index (χ1) is 7.63. The molecule has 0 radical (unpaired) electrons. The highest BCUT2D eigenvalue weighted by Gasteiger charge is 2.01. The van der Waals surface area contributed by atoms with Gasteiger partial charge >= 0.3 is 0 Å². The van der Waals surface area contributed by atoms with Gasteiger partial charge in [0.25, 0.3) is 0 Å². The van der Waals surface area contributed by atoms with Gasteiger partial charge in [-0.15, -0.1) is 0 Å². The van der Waals surface area contributed by atoms with Crippen LogP contribution in [0.5, 0.6) is 0 Å². The molecule has 0 aliphatic rings. The Bertz CT molecular complexity index is 385. The number of hydrogen-bond donors (Lipinski definition) is 1. The van der Waals surface area contributed by atoms with Crippen molar-refractivity contribution in [1.82, 2.24) is 5.48 Å². The largest absolute Gasteiger partial charge is 0.301 e. The van der Waals surface area contributed by atoms with E-state index in [1.165, 1.54) is 0 Å². The Morgan fingerprint density at radius 1 is 1.50 bits per heavy atom. The molecule has 3 nitrogen and oxygen atoms in total. The normalized spacial score (nSPS) is 10.4. The minimum absolute atomic E-state index is 0.490. The minimum atomic E-state index is 0.490. The molecule has 0 saturated carbocycles. The topological polar surface area (TPSA) is 45.0 Å². The fourth-order valence-electron chi connectivity index (χ4n) is 1.11. The zero-order valence-corrected chi connectivity index (χ0v) is 10.2. The lowest BCUT2D eigenvalue weighted by Gasteiger charge is -2.09. The number of hydrogen-bond acceptors (Lipinski definition) is 3. The van der Waals surface area contributed by atoms with Crippen molar-refractivity contribution in [3.05, 3.63) is 34.3 Å². The molecule has 0 aliphatic carbocycles. The molecule has 0 atom stereocenters. The monoisotopic (exact) mass is 238 g/mol. The van der Waals surface area contributed by atoms with E-state index >= 15 is 0 Å². The Morgan fingerprint density at radius 3 is 2.81 bits per heavy atom. The van der Waals surface area contributed by atoms with Crippen LogP contribution in [-0.4, -0.2) is 6.61 Å². The van der Waals surface area contributed by atoms with E-state index in [-0.39, 0.29) is 0 Å². The number of nitrogens with zero attached hydrogens (tertiary/aromatic N) is 1. The molecule has 0 spiro atoms. The molecular formula is C12H15ClN2O. The Balaban J connectivity index is 2.46. The second kappa shape index (κ2) is 6.49.